The minimum atomic E-state index is -1.43. The summed E-state index contributed by atoms with van der Waals surface area (Å²) >= 11 is 6.99. The molecule has 6 rings (SSSR count). The standard InChI is InChI=1S/C62H76ClNO7/c1-46-38-40-49(41-39-46)62(48-28-18-17-19-29-48,56-35-26-27-36-57(56)63)71-59(67)47(42-43-64-60(68)69-45-55-53-33-24-22-31-51(53)52-32-23-25-34-54(52)55)44-50(65)30-20-15-13-11-9-7-5-6-8-10-12-14-16-21-37-58(66)70-61(2,3)4/h17-19,22-29,31-36,38-41,47,55H,5-16,20-21,30,37,42-45H2,1-4H3,(H,64,68)/t47-,62?/m1/s1. The first-order chi connectivity index (χ1) is 34.4. The highest BCUT2D eigenvalue weighted by Gasteiger charge is 2.43. The van der Waals surface area contributed by atoms with E-state index >= 15 is 0 Å². The Balaban J connectivity index is 1.01. The lowest BCUT2D eigenvalue weighted by Crippen LogP contribution is -2.39. The number of unbranched alkanes of at least 4 members (excludes halogenated alkanes) is 13. The van der Waals surface area contributed by atoms with Crippen molar-refractivity contribution in [1.82, 2.24) is 5.32 Å². The number of nitrogens with one attached hydrogen (secondary N) is 1. The molecule has 1 amide bonds. The van der Waals surface area contributed by atoms with Crippen LogP contribution < -0.4 is 5.32 Å². The lowest BCUT2D eigenvalue weighted by molar-refractivity contribution is -0.160. The van der Waals surface area contributed by atoms with E-state index in [1.165, 1.54) is 51.4 Å². The third-order valence-electron chi connectivity index (χ3n) is 13.6. The van der Waals surface area contributed by atoms with Gasteiger partial charge in [0, 0.05) is 53.4 Å². The minimum Gasteiger partial charge on any atom is -0.460 e. The molecule has 2 atom stereocenters. The van der Waals surface area contributed by atoms with E-state index in [4.69, 9.17) is 25.8 Å². The molecule has 0 saturated heterocycles. The van der Waals surface area contributed by atoms with Crippen molar-refractivity contribution < 1.29 is 33.4 Å². The van der Waals surface area contributed by atoms with E-state index in [9.17, 15) is 19.2 Å². The van der Waals surface area contributed by atoms with Gasteiger partial charge in [0.25, 0.3) is 0 Å². The molecule has 1 aliphatic carbocycles. The number of rotatable bonds is 29. The lowest BCUT2D eigenvalue weighted by atomic mass is 9.79. The van der Waals surface area contributed by atoms with E-state index < -0.39 is 29.2 Å². The predicted octanol–water partition coefficient (Wildman–Crippen LogP) is 15.6. The molecule has 0 fully saturated rings. The molecule has 5 aromatic carbocycles. The number of ketones is 1. The van der Waals surface area contributed by atoms with Gasteiger partial charge >= 0.3 is 18.0 Å². The van der Waals surface area contributed by atoms with Crippen molar-refractivity contribution in [2.24, 2.45) is 5.92 Å². The second-order valence-corrected chi connectivity index (χ2v) is 20.7. The number of fused-ring (bicyclic) bond motifs is 3. The number of hydrogen-bond acceptors (Lipinski definition) is 7. The van der Waals surface area contributed by atoms with Crippen LogP contribution in [0.3, 0.4) is 0 Å². The first-order valence-electron chi connectivity index (χ1n) is 26.3. The molecule has 71 heavy (non-hydrogen) atoms. The Bertz CT molecular complexity index is 2420. The smallest absolute Gasteiger partial charge is 0.407 e. The van der Waals surface area contributed by atoms with Crippen molar-refractivity contribution in [3.8, 4) is 11.1 Å². The van der Waals surface area contributed by atoms with Gasteiger partial charge in [0.15, 0.2) is 5.60 Å². The van der Waals surface area contributed by atoms with Gasteiger partial charge in [-0.25, -0.2) is 4.79 Å². The monoisotopic (exact) mass is 982 g/mol. The van der Waals surface area contributed by atoms with Crippen LogP contribution in [-0.4, -0.2) is 42.6 Å². The maximum absolute atomic E-state index is 14.9. The van der Waals surface area contributed by atoms with Crippen LogP contribution in [0.1, 0.15) is 176 Å². The average molecular weight is 983 g/mol. The molecular weight excluding hydrogens is 906 g/mol. The molecule has 0 bridgehead atoms. The van der Waals surface area contributed by atoms with Gasteiger partial charge in [-0.05, 0) is 75.3 Å². The zero-order valence-corrected chi connectivity index (χ0v) is 43.4. The quantitative estimate of drug-likeness (QED) is 0.0220. The van der Waals surface area contributed by atoms with E-state index in [1.807, 2.05) is 125 Å². The molecule has 0 saturated carbocycles. The van der Waals surface area contributed by atoms with Gasteiger partial charge in [-0.2, -0.15) is 0 Å². The van der Waals surface area contributed by atoms with Gasteiger partial charge in [0.05, 0.1) is 5.92 Å². The van der Waals surface area contributed by atoms with Gasteiger partial charge in [-0.3, -0.25) is 14.4 Å². The van der Waals surface area contributed by atoms with Crippen LogP contribution in [0.4, 0.5) is 4.79 Å². The van der Waals surface area contributed by atoms with E-state index in [2.05, 4.69) is 29.6 Å². The number of Topliss-reactive ketones (excluding diaryl/α,β-unsaturated/α-hetero) is 1. The molecule has 0 spiro atoms. The Labute approximate surface area is 428 Å². The number of aryl methyl sites for hydroxylation is 1. The normalized spacial score (nSPS) is 13.4. The van der Waals surface area contributed by atoms with Crippen LogP contribution in [0.15, 0.2) is 127 Å². The molecule has 9 heteroatoms. The Morgan fingerprint density at radius 2 is 1.07 bits per heavy atom. The van der Waals surface area contributed by atoms with Crippen molar-refractivity contribution in [3.05, 3.63) is 166 Å². The summed E-state index contributed by atoms with van der Waals surface area (Å²) < 4.78 is 18.1. The summed E-state index contributed by atoms with van der Waals surface area (Å²) in [5, 5.41) is 3.32. The summed E-state index contributed by atoms with van der Waals surface area (Å²) in [6, 6.07) is 41.3. The Hall–Kier alpha value is -5.73. The third kappa shape index (κ3) is 16.4. The van der Waals surface area contributed by atoms with E-state index in [-0.39, 0.29) is 43.7 Å². The maximum Gasteiger partial charge on any atom is 0.407 e. The number of carbonyl (C=O) groups excluding carboxylic acids is 4. The third-order valence-corrected chi connectivity index (χ3v) is 13.9. The van der Waals surface area contributed by atoms with Gasteiger partial charge in [0.1, 0.15) is 18.0 Å². The predicted molar refractivity (Wildman–Crippen MR) is 286 cm³/mol. The van der Waals surface area contributed by atoms with E-state index in [0.717, 1.165) is 71.9 Å². The number of ether oxygens (including phenoxy) is 3. The minimum absolute atomic E-state index is 0.00507. The van der Waals surface area contributed by atoms with Crippen LogP contribution >= 0.6 is 11.6 Å². The highest BCUT2D eigenvalue weighted by atomic mass is 35.5. The molecule has 378 valence electrons. The molecule has 1 N–H and O–H groups in total. The topological polar surface area (TPSA) is 108 Å². The molecular formula is C62H76ClNO7. The van der Waals surface area contributed by atoms with Crippen molar-refractivity contribution in [3.63, 3.8) is 0 Å². The summed E-state index contributed by atoms with van der Waals surface area (Å²) in [6.07, 6.45) is 16.2. The second kappa shape index (κ2) is 27.8. The molecule has 0 heterocycles. The zero-order chi connectivity index (χ0) is 50.5. The SMILES string of the molecule is Cc1ccc(C(OC(=O)[C@H](CCNC(=O)OCC2c3ccccc3-c3ccccc32)CC(=O)CCCCCCCCCCCCCCCCC(=O)OC(C)(C)C)(c2ccccc2)c2ccccc2Cl)cc1. The van der Waals surface area contributed by atoms with Crippen LogP contribution in [0.2, 0.25) is 5.02 Å². The van der Waals surface area contributed by atoms with Gasteiger partial charge in [-0.15, -0.1) is 0 Å². The van der Waals surface area contributed by atoms with Crippen LogP contribution in [0.25, 0.3) is 11.1 Å². The van der Waals surface area contributed by atoms with Crippen molar-refractivity contribution in [1.29, 1.82) is 0 Å². The first-order valence-corrected chi connectivity index (χ1v) is 26.7. The number of esters is 2. The molecule has 0 radical (unpaired) electrons. The lowest BCUT2D eigenvalue weighted by Gasteiger charge is -2.37. The zero-order valence-electron chi connectivity index (χ0n) is 42.7. The molecule has 0 aromatic heterocycles. The molecule has 1 unspecified atom stereocenters. The summed E-state index contributed by atoms with van der Waals surface area (Å²) in [4.78, 5) is 53.9. The van der Waals surface area contributed by atoms with Crippen LogP contribution in [0, 0.1) is 12.8 Å². The molecule has 1 aliphatic rings. The first kappa shape index (κ1) is 54.6. The molecule has 8 nitrogen and oxygen atoms in total. The van der Waals surface area contributed by atoms with Crippen LogP contribution in [0.5, 0.6) is 0 Å². The Kier molecular flexibility index (Phi) is 21.3. The number of alkyl carbamates (subject to hydrolysis) is 1. The molecule has 0 aliphatic heterocycles. The summed E-state index contributed by atoms with van der Waals surface area (Å²) in [5.74, 6) is -1.59. The fourth-order valence-electron chi connectivity index (χ4n) is 9.88. The van der Waals surface area contributed by atoms with Gasteiger partial charge in [-0.1, -0.05) is 216 Å². The summed E-state index contributed by atoms with van der Waals surface area (Å²) in [7, 11) is 0. The van der Waals surface area contributed by atoms with E-state index in [0.29, 0.717) is 29.0 Å². The van der Waals surface area contributed by atoms with Crippen molar-refractivity contribution in [2.45, 2.75) is 160 Å². The molecule has 5 aromatic rings. The second-order valence-electron chi connectivity index (χ2n) is 20.3. The largest absolute Gasteiger partial charge is 0.460 e. The average Bonchev–Trinajstić information content (AvgIpc) is 3.68. The Morgan fingerprint density at radius 3 is 1.63 bits per heavy atom. The van der Waals surface area contributed by atoms with Gasteiger partial charge < -0.3 is 19.5 Å². The summed E-state index contributed by atoms with van der Waals surface area (Å²) in [5.41, 5.74) is 5.78. The highest BCUT2D eigenvalue weighted by molar-refractivity contribution is 6.31. The van der Waals surface area contributed by atoms with Crippen molar-refractivity contribution >= 4 is 35.4 Å². The number of hydrogen-bond donors (Lipinski definition) is 1. The Morgan fingerprint density at radius 1 is 0.577 bits per heavy atom. The summed E-state index contributed by atoms with van der Waals surface area (Å²) in [6.45, 7) is 8.00. The number of carbonyl (C=O) groups is 4. The maximum atomic E-state index is 14.9. The number of halogens is 1. The number of benzene rings is 5. The fraction of sp³-hybridized carbons (Fsp3) is 0.452. The van der Waals surface area contributed by atoms with Gasteiger partial charge in [0.2, 0.25) is 0 Å². The fourth-order valence-corrected chi connectivity index (χ4v) is 10.1. The van der Waals surface area contributed by atoms with E-state index in [1.54, 1.807) is 6.07 Å². The van der Waals surface area contributed by atoms with Crippen LogP contribution in [-0.2, 0) is 34.2 Å². The van der Waals surface area contributed by atoms with Crippen molar-refractivity contribution in [2.75, 3.05) is 13.2 Å². The highest BCUT2D eigenvalue weighted by Crippen LogP contribution is 2.46. The number of amides is 1.